The number of methoxy groups -OCH3 is 1. The highest BCUT2D eigenvalue weighted by molar-refractivity contribution is 5.65. The number of rotatable bonds is 5. The second-order valence-electron chi connectivity index (χ2n) is 8.99. The van der Waals surface area contributed by atoms with E-state index < -0.39 is 5.60 Å². The van der Waals surface area contributed by atoms with Crippen molar-refractivity contribution in [2.75, 3.05) is 20.2 Å². The molecule has 2 heterocycles. The highest BCUT2D eigenvalue weighted by atomic mass is 16.5. The molecule has 2 atom stereocenters. The molecule has 4 nitrogen and oxygen atoms in total. The number of ether oxygens (including phenoxy) is 1. The van der Waals surface area contributed by atoms with E-state index in [9.17, 15) is 5.11 Å². The van der Waals surface area contributed by atoms with Crippen LogP contribution in [0.4, 0.5) is 0 Å². The Kier molecular flexibility index (Phi) is 5.51. The Morgan fingerprint density at radius 1 is 0.968 bits per heavy atom. The van der Waals surface area contributed by atoms with Gasteiger partial charge in [0.1, 0.15) is 11.4 Å². The first-order valence-corrected chi connectivity index (χ1v) is 11.3. The standard InChI is InChI=1S/C27H30N2O2/c1-31-25-12-5-9-22(16-25)21-8-4-7-20(15-21)17-29-18-23-10-6-11-24(19-29)27(23,30)26-13-2-3-14-28-26/h2-5,7-9,12-16,23-24,30H,6,10-11,17-19H2,1H3. The molecule has 1 aromatic heterocycles. The molecule has 5 rings (SSSR count). The molecule has 2 unspecified atom stereocenters. The summed E-state index contributed by atoms with van der Waals surface area (Å²) in [6.45, 7) is 2.73. The number of aromatic nitrogens is 1. The molecule has 3 aromatic rings. The van der Waals surface area contributed by atoms with E-state index in [2.05, 4.69) is 46.3 Å². The fourth-order valence-corrected chi connectivity index (χ4v) is 5.60. The van der Waals surface area contributed by atoms with Crippen molar-refractivity contribution in [2.45, 2.75) is 31.4 Å². The van der Waals surface area contributed by atoms with Crippen molar-refractivity contribution in [3.63, 3.8) is 0 Å². The van der Waals surface area contributed by atoms with Gasteiger partial charge in [0.2, 0.25) is 0 Å². The predicted molar refractivity (Wildman–Crippen MR) is 123 cm³/mol. The molecule has 1 saturated heterocycles. The third kappa shape index (κ3) is 3.86. The van der Waals surface area contributed by atoms with Gasteiger partial charge in [0.05, 0.1) is 12.8 Å². The molecule has 0 spiro atoms. The number of hydrogen-bond acceptors (Lipinski definition) is 4. The summed E-state index contributed by atoms with van der Waals surface area (Å²) in [5.41, 5.74) is 3.74. The van der Waals surface area contributed by atoms with Gasteiger partial charge in [-0.3, -0.25) is 9.88 Å². The van der Waals surface area contributed by atoms with E-state index in [0.29, 0.717) is 0 Å². The number of hydrogen-bond donors (Lipinski definition) is 1. The maximum absolute atomic E-state index is 11.7. The van der Waals surface area contributed by atoms with Gasteiger partial charge in [-0.25, -0.2) is 0 Å². The zero-order valence-corrected chi connectivity index (χ0v) is 18.1. The Balaban J connectivity index is 1.35. The topological polar surface area (TPSA) is 45.6 Å². The summed E-state index contributed by atoms with van der Waals surface area (Å²) >= 11 is 0. The lowest BCUT2D eigenvalue weighted by Crippen LogP contribution is -2.58. The van der Waals surface area contributed by atoms with Gasteiger partial charge in [0.15, 0.2) is 0 Å². The normalized spacial score (nSPS) is 25.9. The first kappa shape index (κ1) is 20.2. The van der Waals surface area contributed by atoms with Gasteiger partial charge in [-0.2, -0.15) is 0 Å². The molecule has 1 aliphatic heterocycles. The van der Waals surface area contributed by atoms with Crippen LogP contribution in [0.15, 0.2) is 72.9 Å². The fourth-order valence-electron chi connectivity index (χ4n) is 5.60. The maximum Gasteiger partial charge on any atom is 0.119 e. The second kappa shape index (κ2) is 8.45. The Bertz CT molecular complexity index is 1020. The summed E-state index contributed by atoms with van der Waals surface area (Å²) in [4.78, 5) is 7.07. The van der Waals surface area contributed by atoms with E-state index in [1.54, 1.807) is 13.3 Å². The predicted octanol–water partition coefficient (Wildman–Crippen LogP) is 4.88. The van der Waals surface area contributed by atoms with Crippen molar-refractivity contribution in [3.05, 3.63) is 84.2 Å². The van der Waals surface area contributed by atoms with E-state index in [0.717, 1.165) is 43.9 Å². The monoisotopic (exact) mass is 414 g/mol. The van der Waals surface area contributed by atoms with Crippen LogP contribution in [0.25, 0.3) is 11.1 Å². The van der Waals surface area contributed by atoms with Crippen LogP contribution in [0.2, 0.25) is 0 Å². The number of likely N-dealkylation sites (tertiary alicyclic amines) is 1. The second-order valence-corrected chi connectivity index (χ2v) is 8.99. The van der Waals surface area contributed by atoms with Crippen molar-refractivity contribution in [2.24, 2.45) is 11.8 Å². The van der Waals surface area contributed by atoms with Gasteiger partial charge in [-0.15, -0.1) is 0 Å². The van der Waals surface area contributed by atoms with Gasteiger partial charge >= 0.3 is 0 Å². The minimum atomic E-state index is -0.793. The van der Waals surface area contributed by atoms with Crippen molar-refractivity contribution < 1.29 is 9.84 Å². The molecule has 1 N–H and O–H groups in total. The lowest BCUT2D eigenvalue weighted by Gasteiger charge is -2.52. The molecule has 1 saturated carbocycles. The third-order valence-electron chi connectivity index (χ3n) is 7.12. The molecule has 2 fully saturated rings. The third-order valence-corrected chi connectivity index (χ3v) is 7.12. The van der Waals surface area contributed by atoms with E-state index in [4.69, 9.17) is 4.74 Å². The Morgan fingerprint density at radius 2 is 1.71 bits per heavy atom. The fraction of sp³-hybridized carbons (Fsp3) is 0.370. The van der Waals surface area contributed by atoms with E-state index in [1.165, 1.54) is 23.1 Å². The number of fused-ring (bicyclic) bond motifs is 2. The number of benzene rings is 2. The van der Waals surface area contributed by atoms with E-state index in [-0.39, 0.29) is 11.8 Å². The van der Waals surface area contributed by atoms with Crippen LogP contribution in [0.1, 0.15) is 30.5 Å². The van der Waals surface area contributed by atoms with Crippen molar-refractivity contribution >= 4 is 0 Å². The molecular weight excluding hydrogens is 384 g/mol. The molecule has 160 valence electrons. The van der Waals surface area contributed by atoms with Crippen LogP contribution >= 0.6 is 0 Å². The van der Waals surface area contributed by atoms with Gasteiger partial charge in [-0.1, -0.05) is 42.8 Å². The first-order valence-electron chi connectivity index (χ1n) is 11.3. The maximum atomic E-state index is 11.7. The minimum Gasteiger partial charge on any atom is -0.497 e. The zero-order chi connectivity index (χ0) is 21.3. The summed E-state index contributed by atoms with van der Waals surface area (Å²) in [5.74, 6) is 1.34. The molecule has 1 aliphatic carbocycles. The molecule has 0 amide bonds. The summed E-state index contributed by atoms with van der Waals surface area (Å²) in [6, 6.07) is 22.9. The Labute approximate surface area is 184 Å². The van der Waals surface area contributed by atoms with Crippen LogP contribution in [-0.4, -0.2) is 35.2 Å². The quantitative estimate of drug-likeness (QED) is 0.647. The number of piperidine rings is 1. The van der Waals surface area contributed by atoms with Gasteiger partial charge in [-0.05, 0) is 59.9 Å². The smallest absolute Gasteiger partial charge is 0.119 e. The highest BCUT2D eigenvalue weighted by Crippen LogP contribution is 2.48. The molecule has 31 heavy (non-hydrogen) atoms. The average molecular weight is 415 g/mol. The number of aliphatic hydroxyl groups is 1. The van der Waals surface area contributed by atoms with Crippen LogP contribution in [0.3, 0.4) is 0 Å². The average Bonchev–Trinajstić information content (AvgIpc) is 2.80. The van der Waals surface area contributed by atoms with Crippen LogP contribution in [0, 0.1) is 11.8 Å². The van der Waals surface area contributed by atoms with Crippen molar-refractivity contribution in [1.29, 1.82) is 0 Å². The molecular formula is C27H30N2O2. The summed E-state index contributed by atoms with van der Waals surface area (Å²) in [7, 11) is 1.70. The van der Waals surface area contributed by atoms with Crippen LogP contribution in [0.5, 0.6) is 5.75 Å². The van der Waals surface area contributed by atoms with E-state index in [1.807, 2.05) is 30.3 Å². The van der Waals surface area contributed by atoms with E-state index >= 15 is 0 Å². The van der Waals surface area contributed by atoms with Crippen LogP contribution < -0.4 is 4.74 Å². The molecule has 4 heteroatoms. The Morgan fingerprint density at radius 3 is 2.42 bits per heavy atom. The summed E-state index contributed by atoms with van der Waals surface area (Å²) in [6.07, 6.45) is 5.12. The molecule has 2 aliphatic rings. The highest BCUT2D eigenvalue weighted by Gasteiger charge is 2.52. The molecule has 0 radical (unpaired) electrons. The van der Waals surface area contributed by atoms with Crippen molar-refractivity contribution in [1.82, 2.24) is 9.88 Å². The van der Waals surface area contributed by atoms with Gasteiger partial charge in [0.25, 0.3) is 0 Å². The first-order chi connectivity index (χ1) is 15.2. The van der Waals surface area contributed by atoms with Gasteiger partial charge < -0.3 is 9.84 Å². The van der Waals surface area contributed by atoms with Crippen LogP contribution in [-0.2, 0) is 12.1 Å². The van der Waals surface area contributed by atoms with Gasteiger partial charge in [0, 0.05) is 37.7 Å². The van der Waals surface area contributed by atoms with Crippen molar-refractivity contribution in [3.8, 4) is 16.9 Å². The number of pyridine rings is 1. The lowest BCUT2D eigenvalue weighted by atomic mass is 9.64. The lowest BCUT2D eigenvalue weighted by molar-refractivity contribution is -0.151. The summed E-state index contributed by atoms with van der Waals surface area (Å²) < 4.78 is 5.39. The zero-order valence-electron chi connectivity index (χ0n) is 18.1. The summed E-state index contributed by atoms with van der Waals surface area (Å²) in [5, 5.41) is 11.7. The molecule has 2 bridgehead atoms. The SMILES string of the molecule is COc1cccc(-c2cccc(CN3CC4CCCC(C3)C4(O)c3ccccn3)c2)c1. The number of nitrogens with zero attached hydrogens (tertiary/aromatic N) is 2. The minimum absolute atomic E-state index is 0.233. The molecule has 2 aromatic carbocycles. The Hall–Kier alpha value is -2.69. The largest absolute Gasteiger partial charge is 0.497 e.